The Morgan fingerprint density at radius 2 is 1.43 bits per heavy atom. The second kappa shape index (κ2) is 6.85. The van der Waals surface area contributed by atoms with E-state index in [0.29, 0.717) is 16.9 Å². The first-order chi connectivity index (χ1) is 13.5. The summed E-state index contributed by atoms with van der Waals surface area (Å²) in [5.41, 5.74) is 0.879. The summed E-state index contributed by atoms with van der Waals surface area (Å²) in [5.74, 6) is -2.65. The van der Waals surface area contributed by atoms with Crippen LogP contribution in [0.4, 0.5) is 8.78 Å². The van der Waals surface area contributed by atoms with Gasteiger partial charge in [-0.3, -0.25) is 9.59 Å². The summed E-state index contributed by atoms with van der Waals surface area (Å²) < 4.78 is 29.5. The number of ketones is 1. The summed E-state index contributed by atoms with van der Waals surface area (Å²) in [6, 6.07) is 19.2. The molecule has 0 aliphatic rings. The van der Waals surface area contributed by atoms with Crippen LogP contribution in [0.5, 0.6) is 0 Å². The van der Waals surface area contributed by atoms with E-state index in [1.54, 1.807) is 66.1 Å². The normalized spacial score (nSPS) is 11.0. The van der Waals surface area contributed by atoms with Gasteiger partial charge in [0.15, 0.2) is 17.4 Å². The Hall–Kier alpha value is -3.60. The van der Waals surface area contributed by atoms with Crippen LogP contribution in [0.25, 0.3) is 16.6 Å². The van der Waals surface area contributed by atoms with Crippen LogP contribution in [0.1, 0.15) is 21.6 Å². The quantitative estimate of drug-likeness (QED) is 0.482. The fourth-order valence-electron chi connectivity index (χ4n) is 3.41. The molecule has 0 saturated carbocycles. The Labute approximate surface area is 159 Å². The number of rotatable bonds is 3. The predicted octanol–water partition coefficient (Wildman–Crippen LogP) is 4.81. The zero-order chi connectivity index (χ0) is 19.8. The first-order valence-electron chi connectivity index (χ1n) is 8.68. The third-order valence-corrected chi connectivity index (χ3v) is 4.73. The van der Waals surface area contributed by atoms with Gasteiger partial charge in [0.1, 0.15) is 0 Å². The molecule has 4 rings (SSSR count). The van der Waals surface area contributed by atoms with Gasteiger partial charge < -0.3 is 4.57 Å². The lowest BCUT2D eigenvalue weighted by Gasteiger charge is -2.18. The highest BCUT2D eigenvalue weighted by molar-refractivity contribution is 6.11. The van der Waals surface area contributed by atoms with Gasteiger partial charge in [-0.25, -0.2) is 8.78 Å². The van der Waals surface area contributed by atoms with E-state index in [-0.39, 0.29) is 16.5 Å². The largest absolute Gasteiger partial charge is 0.313 e. The maximum Gasteiger partial charge on any atom is 0.200 e. The van der Waals surface area contributed by atoms with E-state index in [4.69, 9.17) is 0 Å². The van der Waals surface area contributed by atoms with E-state index in [0.717, 1.165) is 12.1 Å². The molecule has 0 N–H and O–H groups in total. The molecule has 0 fully saturated rings. The molecule has 3 nitrogen and oxygen atoms in total. The Morgan fingerprint density at radius 3 is 2.07 bits per heavy atom. The van der Waals surface area contributed by atoms with Crippen molar-refractivity contribution in [3.63, 3.8) is 0 Å². The number of para-hydroxylation sites is 1. The molecule has 0 bridgehead atoms. The van der Waals surface area contributed by atoms with E-state index < -0.39 is 22.8 Å². The summed E-state index contributed by atoms with van der Waals surface area (Å²) in [6.45, 7) is 1.63. The summed E-state index contributed by atoms with van der Waals surface area (Å²) >= 11 is 0. The minimum Gasteiger partial charge on any atom is -0.313 e. The van der Waals surface area contributed by atoms with Crippen molar-refractivity contribution < 1.29 is 13.6 Å². The average Bonchev–Trinajstić information content (AvgIpc) is 2.71. The standard InChI is InChI=1S/C23H15F2NO2/c1-14-21(22(27)15-8-4-2-5-9-15)23(28)17-12-18(24)19(25)13-20(17)26(14)16-10-6-3-7-11-16/h2-13H,1H3. The molecule has 1 heterocycles. The Balaban J connectivity index is 2.14. The van der Waals surface area contributed by atoms with Crippen molar-refractivity contribution in [3.05, 3.63) is 111 Å². The van der Waals surface area contributed by atoms with E-state index in [9.17, 15) is 18.4 Å². The number of halogens is 2. The number of carbonyl (C=O) groups is 1. The zero-order valence-corrected chi connectivity index (χ0v) is 14.9. The van der Waals surface area contributed by atoms with Crippen LogP contribution >= 0.6 is 0 Å². The van der Waals surface area contributed by atoms with Crippen LogP contribution in [-0.2, 0) is 0 Å². The third-order valence-electron chi connectivity index (χ3n) is 4.73. The highest BCUT2D eigenvalue weighted by Crippen LogP contribution is 2.25. The molecule has 5 heteroatoms. The summed E-state index contributed by atoms with van der Waals surface area (Å²) in [7, 11) is 0. The van der Waals surface area contributed by atoms with Crippen LogP contribution in [0.3, 0.4) is 0 Å². The van der Waals surface area contributed by atoms with Gasteiger partial charge >= 0.3 is 0 Å². The van der Waals surface area contributed by atoms with Crippen molar-refractivity contribution >= 4 is 16.7 Å². The lowest BCUT2D eigenvalue weighted by molar-refractivity contribution is 0.103. The summed E-state index contributed by atoms with van der Waals surface area (Å²) in [5, 5.41) is -0.0485. The monoisotopic (exact) mass is 375 g/mol. The lowest BCUT2D eigenvalue weighted by atomic mass is 9.98. The van der Waals surface area contributed by atoms with E-state index in [1.807, 2.05) is 6.07 Å². The van der Waals surface area contributed by atoms with Crippen LogP contribution in [0.15, 0.2) is 77.6 Å². The van der Waals surface area contributed by atoms with Crippen molar-refractivity contribution in [2.45, 2.75) is 6.92 Å². The lowest BCUT2D eigenvalue weighted by Crippen LogP contribution is -2.23. The molecular weight excluding hydrogens is 360 g/mol. The second-order valence-corrected chi connectivity index (χ2v) is 6.44. The SMILES string of the molecule is Cc1c(C(=O)c2ccccc2)c(=O)c2cc(F)c(F)cc2n1-c1ccccc1. The van der Waals surface area contributed by atoms with Gasteiger partial charge in [-0.05, 0) is 25.1 Å². The van der Waals surface area contributed by atoms with Gasteiger partial charge in [0, 0.05) is 28.4 Å². The average molecular weight is 375 g/mol. The molecule has 0 unspecified atom stereocenters. The van der Waals surface area contributed by atoms with E-state index in [1.165, 1.54) is 0 Å². The molecule has 1 aromatic heterocycles. The number of fused-ring (bicyclic) bond motifs is 1. The molecule has 0 saturated heterocycles. The van der Waals surface area contributed by atoms with Crippen molar-refractivity contribution in [2.24, 2.45) is 0 Å². The predicted molar refractivity (Wildman–Crippen MR) is 104 cm³/mol. The van der Waals surface area contributed by atoms with Gasteiger partial charge in [-0.2, -0.15) is 0 Å². The first kappa shape index (κ1) is 17.8. The van der Waals surface area contributed by atoms with Crippen molar-refractivity contribution in [2.75, 3.05) is 0 Å². The number of carbonyl (C=O) groups excluding carboxylic acids is 1. The van der Waals surface area contributed by atoms with Gasteiger partial charge in [0.05, 0.1) is 11.1 Å². The molecule has 0 atom stereocenters. The van der Waals surface area contributed by atoms with Crippen LogP contribution < -0.4 is 5.43 Å². The topological polar surface area (TPSA) is 39.1 Å². The zero-order valence-electron chi connectivity index (χ0n) is 14.9. The smallest absolute Gasteiger partial charge is 0.200 e. The second-order valence-electron chi connectivity index (χ2n) is 6.44. The number of pyridine rings is 1. The van der Waals surface area contributed by atoms with Gasteiger partial charge in [-0.15, -0.1) is 0 Å². The Kier molecular flexibility index (Phi) is 4.35. The van der Waals surface area contributed by atoms with Gasteiger partial charge in [0.2, 0.25) is 5.43 Å². The molecule has 4 aromatic rings. The third kappa shape index (κ3) is 2.81. The minimum atomic E-state index is -1.13. The van der Waals surface area contributed by atoms with E-state index in [2.05, 4.69) is 0 Å². The fourth-order valence-corrected chi connectivity index (χ4v) is 3.41. The van der Waals surface area contributed by atoms with Crippen molar-refractivity contribution in [1.82, 2.24) is 4.57 Å². The fraction of sp³-hybridized carbons (Fsp3) is 0.0435. The van der Waals surface area contributed by atoms with Crippen molar-refractivity contribution in [3.8, 4) is 5.69 Å². The number of aromatic nitrogens is 1. The molecule has 0 aliphatic heterocycles. The number of nitrogens with zero attached hydrogens (tertiary/aromatic N) is 1. The molecule has 0 radical (unpaired) electrons. The maximum absolute atomic E-state index is 14.0. The molecule has 0 spiro atoms. The minimum absolute atomic E-state index is 0.0485. The molecule has 138 valence electrons. The summed E-state index contributed by atoms with van der Waals surface area (Å²) in [4.78, 5) is 26.2. The highest BCUT2D eigenvalue weighted by Gasteiger charge is 2.23. The van der Waals surface area contributed by atoms with Crippen LogP contribution in [-0.4, -0.2) is 10.4 Å². The van der Waals surface area contributed by atoms with Crippen LogP contribution in [0, 0.1) is 18.6 Å². The first-order valence-corrected chi connectivity index (χ1v) is 8.68. The van der Waals surface area contributed by atoms with Crippen molar-refractivity contribution in [1.29, 1.82) is 0 Å². The summed E-state index contributed by atoms with van der Waals surface area (Å²) in [6.07, 6.45) is 0. The van der Waals surface area contributed by atoms with Gasteiger partial charge in [-0.1, -0.05) is 48.5 Å². The van der Waals surface area contributed by atoms with Gasteiger partial charge in [0.25, 0.3) is 0 Å². The van der Waals surface area contributed by atoms with Crippen LogP contribution in [0.2, 0.25) is 0 Å². The molecule has 28 heavy (non-hydrogen) atoms. The molecule has 0 aliphatic carbocycles. The highest BCUT2D eigenvalue weighted by atomic mass is 19.2. The number of hydrogen-bond donors (Lipinski definition) is 0. The number of hydrogen-bond acceptors (Lipinski definition) is 2. The number of benzene rings is 3. The molecule has 0 amide bonds. The molecular formula is C23H15F2NO2. The maximum atomic E-state index is 14.0. The Bertz CT molecular complexity index is 1260. The van der Waals surface area contributed by atoms with E-state index >= 15 is 0 Å². The molecule has 3 aromatic carbocycles. The Morgan fingerprint density at radius 1 is 0.857 bits per heavy atom.